The van der Waals surface area contributed by atoms with Crippen LogP contribution in [0.3, 0.4) is 0 Å². The first kappa shape index (κ1) is 28.1. The van der Waals surface area contributed by atoms with Crippen LogP contribution >= 0.6 is 11.6 Å². The van der Waals surface area contributed by atoms with Crippen LogP contribution in [0.5, 0.6) is 11.5 Å². The van der Waals surface area contributed by atoms with Crippen LogP contribution < -0.4 is 14.8 Å². The zero-order valence-corrected chi connectivity index (χ0v) is 21.4. The van der Waals surface area contributed by atoms with E-state index in [9.17, 15) is 23.1 Å². The zero-order chi connectivity index (χ0) is 27.5. The van der Waals surface area contributed by atoms with Crippen molar-refractivity contribution >= 4 is 23.1 Å². The number of aliphatic carboxylic acids is 1. The van der Waals surface area contributed by atoms with Crippen LogP contribution in [0.2, 0.25) is 5.02 Å². The fourth-order valence-electron chi connectivity index (χ4n) is 3.67. The highest BCUT2D eigenvalue weighted by Crippen LogP contribution is 2.33. The van der Waals surface area contributed by atoms with E-state index in [1.165, 1.54) is 32.0 Å². The van der Waals surface area contributed by atoms with E-state index in [1.807, 2.05) is 0 Å². The van der Waals surface area contributed by atoms with Crippen LogP contribution in [0, 0.1) is 0 Å². The third-order valence-corrected chi connectivity index (χ3v) is 5.91. The molecule has 0 saturated carbocycles. The van der Waals surface area contributed by atoms with Gasteiger partial charge in [-0.3, -0.25) is 0 Å². The van der Waals surface area contributed by atoms with Crippen molar-refractivity contribution in [3.05, 3.63) is 77.1 Å². The lowest BCUT2D eigenvalue weighted by atomic mass is 10.0. The number of likely N-dealkylation sites (N-methyl/N-ethyl adjacent to an activating group) is 1. The average molecular weight is 538 g/mol. The highest BCUT2D eigenvalue weighted by Gasteiger charge is 2.32. The number of nitrogens with zero attached hydrogens (tertiary/aromatic N) is 2. The minimum atomic E-state index is -4.81. The third kappa shape index (κ3) is 6.84. The maximum absolute atomic E-state index is 12.7. The topological polar surface area (TPSA) is 85.6 Å². The average Bonchev–Trinajstić information content (AvgIpc) is 3.25. The van der Waals surface area contributed by atoms with Gasteiger partial charge in [0.25, 0.3) is 0 Å². The molecule has 0 radical (unpaired) electrons. The predicted molar refractivity (Wildman–Crippen MR) is 134 cm³/mol. The Kier molecular flexibility index (Phi) is 8.24. The molecule has 11 heteroatoms. The summed E-state index contributed by atoms with van der Waals surface area (Å²) >= 11 is 6.40. The van der Waals surface area contributed by atoms with E-state index < -0.39 is 17.9 Å². The van der Waals surface area contributed by atoms with Crippen LogP contribution in [0.15, 0.2) is 55.2 Å². The summed E-state index contributed by atoms with van der Waals surface area (Å²) in [6.07, 6.45) is -2.76. The van der Waals surface area contributed by atoms with Gasteiger partial charge >= 0.3 is 12.3 Å². The Morgan fingerprint density at radius 3 is 2.46 bits per heavy atom. The van der Waals surface area contributed by atoms with Gasteiger partial charge < -0.3 is 19.9 Å². The van der Waals surface area contributed by atoms with Gasteiger partial charge in [-0.2, -0.15) is 5.10 Å². The molecule has 0 bridgehead atoms. The van der Waals surface area contributed by atoms with Crippen LogP contribution in [0.25, 0.3) is 11.3 Å². The predicted octanol–water partition coefficient (Wildman–Crippen LogP) is 6.20. The molecule has 0 amide bonds. The molecule has 1 aromatic heterocycles. The molecule has 1 unspecified atom stereocenters. The lowest BCUT2D eigenvalue weighted by molar-refractivity contribution is -0.274. The Morgan fingerprint density at radius 2 is 1.89 bits per heavy atom. The summed E-state index contributed by atoms with van der Waals surface area (Å²) in [5.74, 6) is -1.23. The van der Waals surface area contributed by atoms with Crippen molar-refractivity contribution in [1.29, 1.82) is 0 Å². The molecular weight excluding hydrogens is 511 g/mol. The Morgan fingerprint density at radius 1 is 1.19 bits per heavy atom. The minimum absolute atomic E-state index is 0.226. The standard InChI is InChI=1S/C26H27ClF3N3O4/c1-15(2)19-14-18(36-26(28,29)30)7-8-22(19)33-17(10-11-32-33)13-21(31-5)16-6-9-23(20(27)12-16)37-25(3,4)24(34)35/h6-12,14,21,31H,1,13H2,2-5H3,(H,34,35). The maximum atomic E-state index is 12.7. The zero-order valence-electron chi connectivity index (χ0n) is 20.7. The number of ether oxygens (including phenoxy) is 2. The highest BCUT2D eigenvalue weighted by atomic mass is 35.5. The molecule has 0 aliphatic heterocycles. The van der Waals surface area contributed by atoms with Crippen molar-refractivity contribution in [2.45, 2.75) is 45.2 Å². The Balaban J connectivity index is 1.90. The molecule has 0 fully saturated rings. The summed E-state index contributed by atoms with van der Waals surface area (Å²) in [6.45, 7) is 8.43. The molecule has 2 aromatic carbocycles. The minimum Gasteiger partial charge on any atom is -0.478 e. The Hall–Kier alpha value is -3.50. The van der Waals surface area contributed by atoms with Gasteiger partial charge in [0.15, 0.2) is 5.60 Å². The molecule has 0 aliphatic rings. The first-order valence-corrected chi connectivity index (χ1v) is 11.6. The van der Waals surface area contributed by atoms with Crippen molar-refractivity contribution in [1.82, 2.24) is 15.1 Å². The number of rotatable bonds is 10. The molecule has 198 valence electrons. The molecule has 0 aliphatic carbocycles. The molecule has 2 N–H and O–H groups in total. The fraction of sp³-hybridized carbons (Fsp3) is 0.308. The van der Waals surface area contributed by atoms with Crippen molar-refractivity contribution in [3.63, 3.8) is 0 Å². The summed E-state index contributed by atoms with van der Waals surface area (Å²) in [6, 6.07) is 10.7. The molecular formula is C26H27ClF3N3O4. The number of aromatic nitrogens is 2. The smallest absolute Gasteiger partial charge is 0.478 e. The van der Waals surface area contributed by atoms with Gasteiger partial charge in [-0.25, -0.2) is 9.48 Å². The lowest BCUT2D eigenvalue weighted by Gasteiger charge is -2.23. The van der Waals surface area contributed by atoms with E-state index in [0.29, 0.717) is 23.2 Å². The molecule has 0 saturated heterocycles. The number of hydrogen-bond acceptors (Lipinski definition) is 5. The fourth-order valence-corrected chi connectivity index (χ4v) is 3.90. The summed E-state index contributed by atoms with van der Waals surface area (Å²) in [7, 11) is 1.78. The van der Waals surface area contributed by atoms with Crippen LogP contribution in [-0.2, 0) is 11.2 Å². The number of hydrogen-bond donors (Lipinski definition) is 2. The van der Waals surface area contributed by atoms with Crippen LogP contribution in [0.4, 0.5) is 13.2 Å². The first-order valence-electron chi connectivity index (χ1n) is 11.2. The van der Waals surface area contributed by atoms with Crippen molar-refractivity contribution in [2.75, 3.05) is 7.05 Å². The molecule has 3 rings (SSSR count). The van der Waals surface area contributed by atoms with Crippen molar-refractivity contribution < 1.29 is 32.5 Å². The van der Waals surface area contributed by atoms with Gasteiger partial charge in [0.2, 0.25) is 0 Å². The molecule has 7 nitrogen and oxygen atoms in total. The number of benzene rings is 2. The Labute approximate surface area is 217 Å². The molecule has 1 heterocycles. The number of carboxylic acid groups (broad SMARTS) is 1. The SMILES string of the molecule is C=C(C)c1cc(OC(F)(F)F)ccc1-n1nccc1CC(NC)c1ccc(OC(C)(C)C(=O)O)c(Cl)c1. The molecule has 3 aromatic rings. The number of carboxylic acids is 1. The van der Waals surface area contributed by atoms with Crippen molar-refractivity contribution in [2.24, 2.45) is 0 Å². The molecule has 37 heavy (non-hydrogen) atoms. The number of alkyl halides is 3. The number of allylic oxidation sites excluding steroid dienone is 1. The lowest BCUT2D eigenvalue weighted by Crippen LogP contribution is -2.38. The van der Waals surface area contributed by atoms with Gasteiger partial charge in [-0.05, 0) is 75.4 Å². The second kappa shape index (κ2) is 10.9. The van der Waals surface area contributed by atoms with Gasteiger partial charge in [-0.15, -0.1) is 13.2 Å². The van der Waals surface area contributed by atoms with Gasteiger partial charge in [0, 0.05) is 29.9 Å². The van der Waals surface area contributed by atoms with E-state index in [0.717, 1.165) is 11.3 Å². The molecule has 1 atom stereocenters. The van der Waals surface area contributed by atoms with E-state index in [2.05, 4.69) is 21.7 Å². The van der Waals surface area contributed by atoms with E-state index >= 15 is 0 Å². The van der Waals surface area contributed by atoms with E-state index in [1.54, 1.807) is 49.1 Å². The maximum Gasteiger partial charge on any atom is 0.573 e. The van der Waals surface area contributed by atoms with Gasteiger partial charge in [-0.1, -0.05) is 24.2 Å². The summed E-state index contributed by atoms with van der Waals surface area (Å²) < 4.78 is 49.4. The third-order valence-electron chi connectivity index (χ3n) is 5.61. The molecule has 0 spiro atoms. The number of halogens is 4. The van der Waals surface area contributed by atoms with Crippen LogP contribution in [-0.4, -0.2) is 39.9 Å². The summed E-state index contributed by atoms with van der Waals surface area (Å²) in [4.78, 5) is 11.4. The summed E-state index contributed by atoms with van der Waals surface area (Å²) in [5, 5.41) is 17.2. The quantitative estimate of drug-likeness (QED) is 0.320. The van der Waals surface area contributed by atoms with Gasteiger partial charge in [0.05, 0.1) is 10.7 Å². The van der Waals surface area contributed by atoms with Crippen LogP contribution in [0.1, 0.15) is 43.6 Å². The second-order valence-electron chi connectivity index (χ2n) is 8.89. The monoisotopic (exact) mass is 537 g/mol. The van der Waals surface area contributed by atoms with E-state index in [-0.39, 0.29) is 22.6 Å². The normalized spacial score (nSPS) is 12.8. The van der Waals surface area contributed by atoms with Crippen molar-refractivity contribution in [3.8, 4) is 17.2 Å². The number of carbonyl (C=O) groups is 1. The largest absolute Gasteiger partial charge is 0.573 e. The second-order valence-corrected chi connectivity index (χ2v) is 9.30. The summed E-state index contributed by atoms with van der Waals surface area (Å²) in [5.41, 5.74) is 1.68. The highest BCUT2D eigenvalue weighted by molar-refractivity contribution is 6.32. The van der Waals surface area contributed by atoms with Gasteiger partial charge in [0.1, 0.15) is 11.5 Å². The Bertz CT molecular complexity index is 1300. The van der Waals surface area contributed by atoms with E-state index in [4.69, 9.17) is 16.3 Å². The number of nitrogens with one attached hydrogen (secondary N) is 1. The first-order chi connectivity index (χ1) is 17.2.